The van der Waals surface area contributed by atoms with Crippen molar-refractivity contribution in [2.24, 2.45) is 0 Å². The maximum absolute atomic E-state index is 11.8. The number of rotatable bonds is 3. The van der Waals surface area contributed by atoms with E-state index in [0.717, 1.165) is 5.56 Å². The first-order valence-corrected chi connectivity index (χ1v) is 5.37. The quantitative estimate of drug-likeness (QED) is 0.723. The van der Waals surface area contributed by atoms with E-state index in [4.69, 9.17) is 4.74 Å². The average molecular weight is 214 g/mol. The summed E-state index contributed by atoms with van der Waals surface area (Å²) in [6, 6.07) is 9.86. The smallest absolute Gasteiger partial charge is 0.223 e. The molecule has 2 heteroatoms. The van der Waals surface area contributed by atoms with E-state index in [1.54, 1.807) is 0 Å². The normalized spacial score (nSPS) is 19.8. The van der Waals surface area contributed by atoms with E-state index < -0.39 is 0 Å². The maximum Gasteiger partial charge on any atom is 0.223 e. The molecule has 0 amide bonds. The van der Waals surface area contributed by atoms with Crippen LogP contribution in [0.3, 0.4) is 0 Å². The second-order valence-corrected chi connectivity index (χ2v) is 3.71. The van der Waals surface area contributed by atoms with Gasteiger partial charge in [0.05, 0.1) is 6.61 Å². The number of ether oxygens (including phenoxy) is 1. The Morgan fingerprint density at radius 1 is 1.31 bits per heavy atom. The van der Waals surface area contributed by atoms with Gasteiger partial charge in [0.15, 0.2) is 5.76 Å². The Morgan fingerprint density at radius 3 is 2.62 bits per heavy atom. The van der Waals surface area contributed by atoms with Gasteiger partial charge in [-0.05, 0) is 18.6 Å². The molecule has 0 aliphatic heterocycles. The number of hydrogen-bond donors (Lipinski definition) is 0. The molecular formula is C14H14O2. The summed E-state index contributed by atoms with van der Waals surface area (Å²) in [7, 11) is 0. The topological polar surface area (TPSA) is 26.3 Å². The van der Waals surface area contributed by atoms with Crippen LogP contribution >= 0.6 is 0 Å². The van der Waals surface area contributed by atoms with Crippen molar-refractivity contribution in [1.82, 2.24) is 0 Å². The maximum atomic E-state index is 11.8. The molecule has 0 spiro atoms. The standard InChI is InChI=1S/C14H14O2/c1-3-16-13-9-12(10(2)14(13)15)11-7-5-4-6-8-11/h4-9,12H,2-3H2,1H3. The molecule has 82 valence electrons. The summed E-state index contributed by atoms with van der Waals surface area (Å²) in [6.07, 6.45) is 1.85. The lowest BCUT2D eigenvalue weighted by molar-refractivity contribution is -0.114. The van der Waals surface area contributed by atoms with Crippen molar-refractivity contribution in [1.29, 1.82) is 0 Å². The number of ketones is 1. The number of carbonyl (C=O) groups excluding carboxylic acids is 1. The predicted molar refractivity (Wildman–Crippen MR) is 63.0 cm³/mol. The number of carbonyl (C=O) groups is 1. The summed E-state index contributed by atoms with van der Waals surface area (Å²) in [6.45, 7) is 6.22. The average Bonchev–Trinajstić information content (AvgIpc) is 2.59. The van der Waals surface area contributed by atoms with Gasteiger partial charge in [-0.25, -0.2) is 0 Å². The van der Waals surface area contributed by atoms with E-state index in [0.29, 0.717) is 17.9 Å². The highest BCUT2D eigenvalue weighted by Gasteiger charge is 2.30. The minimum absolute atomic E-state index is 0.0322. The van der Waals surface area contributed by atoms with Gasteiger partial charge in [0.25, 0.3) is 0 Å². The Kier molecular flexibility index (Phi) is 2.91. The number of hydrogen-bond acceptors (Lipinski definition) is 2. The molecule has 1 aliphatic carbocycles. The van der Waals surface area contributed by atoms with E-state index in [2.05, 4.69) is 6.58 Å². The van der Waals surface area contributed by atoms with Crippen molar-refractivity contribution in [3.8, 4) is 0 Å². The molecule has 1 unspecified atom stereocenters. The van der Waals surface area contributed by atoms with Crippen LogP contribution in [0.1, 0.15) is 18.4 Å². The molecule has 2 nitrogen and oxygen atoms in total. The van der Waals surface area contributed by atoms with E-state index in [-0.39, 0.29) is 11.7 Å². The third-order valence-electron chi connectivity index (χ3n) is 2.67. The first kappa shape index (κ1) is 10.7. The molecule has 0 heterocycles. The van der Waals surface area contributed by atoms with Crippen LogP contribution in [0.15, 0.2) is 54.3 Å². The molecular weight excluding hydrogens is 200 g/mol. The van der Waals surface area contributed by atoms with Crippen molar-refractivity contribution in [3.63, 3.8) is 0 Å². The molecule has 0 bridgehead atoms. The summed E-state index contributed by atoms with van der Waals surface area (Å²) < 4.78 is 5.29. The lowest BCUT2D eigenvalue weighted by Crippen LogP contribution is -2.04. The molecule has 0 fully saturated rings. The fourth-order valence-corrected chi connectivity index (χ4v) is 1.85. The van der Waals surface area contributed by atoms with Crippen LogP contribution in [0.25, 0.3) is 0 Å². The number of Topliss-reactive ketones (excluding diaryl/α,β-unsaturated/α-hetero) is 1. The van der Waals surface area contributed by atoms with Crippen LogP contribution in [0.4, 0.5) is 0 Å². The zero-order valence-corrected chi connectivity index (χ0v) is 9.27. The summed E-state index contributed by atoms with van der Waals surface area (Å²) in [4.78, 5) is 11.8. The highest BCUT2D eigenvalue weighted by molar-refractivity contribution is 6.10. The van der Waals surface area contributed by atoms with Gasteiger partial charge in [-0.3, -0.25) is 4.79 Å². The monoisotopic (exact) mass is 214 g/mol. The van der Waals surface area contributed by atoms with Crippen molar-refractivity contribution >= 4 is 5.78 Å². The van der Waals surface area contributed by atoms with Crippen molar-refractivity contribution in [2.45, 2.75) is 12.8 Å². The molecule has 1 aliphatic rings. The highest BCUT2D eigenvalue weighted by atomic mass is 16.5. The zero-order chi connectivity index (χ0) is 11.5. The van der Waals surface area contributed by atoms with E-state index in [1.807, 2.05) is 43.3 Å². The third kappa shape index (κ3) is 1.78. The largest absolute Gasteiger partial charge is 0.490 e. The van der Waals surface area contributed by atoms with Gasteiger partial charge in [-0.1, -0.05) is 36.9 Å². The van der Waals surface area contributed by atoms with Crippen LogP contribution in [0.5, 0.6) is 0 Å². The van der Waals surface area contributed by atoms with Gasteiger partial charge in [-0.15, -0.1) is 0 Å². The molecule has 0 N–H and O–H groups in total. The Balaban J connectivity index is 2.31. The van der Waals surface area contributed by atoms with Crippen LogP contribution in [-0.2, 0) is 9.53 Å². The Bertz CT molecular complexity index is 443. The highest BCUT2D eigenvalue weighted by Crippen LogP contribution is 2.34. The predicted octanol–water partition coefficient (Wildman–Crippen LogP) is 2.83. The Morgan fingerprint density at radius 2 is 2.00 bits per heavy atom. The fraction of sp³-hybridized carbons (Fsp3) is 0.214. The fourth-order valence-electron chi connectivity index (χ4n) is 1.85. The van der Waals surface area contributed by atoms with Gasteiger partial charge in [-0.2, -0.15) is 0 Å². The van der Waals surface area contributed by atoms with Gasteiger partial charge in [0.2, 0.25) is 5.78 Å². The van der Waals surface area contributed by atoms with Gasteiger partial charge < -0.3 is 4.74 Å². The van der Waals surface area contributed by atoms with E-state index in [9.17, 15) is 4.79 Å². The molecule has 1 atom stereocenters. The number of allylic oxidation sites excluding steroid dienone is 2. The molecule has 0 aromatic heterocycles. The first-order chi connectivity index (χ1) is 7.74. The lowest BCUT2D eigenvalue weighted by Gasteiger charge is -2.07. The van der Waals surface area contributed by atoms with Gasteiger partial charge in [0, 0.05) is 11.5 Å². The SMILES string of the molecule is C=C1C(=O)C(OCC)=CC1c1ccccc1. The zero-order valence-electron chi connectivity index (χ0n) is 9.27. The van der Waals surface area contributed by atoms with Crippen molar-refractivity contribution in [3.05, 3.63) is 59.9 Å². The summed E-state index contributed by atoms with van der Waals surface area (Å²) in [5.74, 6) is 0.326. The minimum Gasteiger partial charge on any atom is -0.490 e. The minimum atomic E-state index is -0.0734. The molecule has 0 saturated carbocycles. The van der Waals surface area contributed by atoms with Crippen LogP contribution < -0.4 is 0 Å². The van der Waals surface area contributed by atoms with Crippen LogP contribution in [-0.4, -0.2) is 12.4 Å². The Labute approximate surface area is 95.2 Å². The second kappa shape index (κ2) is 4.35. The number of benzene rings is 1. The van der Waals surface area contributed by atoms with Gasteiger partial charge >= 0.3 is 0 Å². The molecule has 0 radical (unpaired) electrons. The third-order valence-corrected chi connectivity index (χ3v) is 2.67. The summed E-state index contributed by atoms with van der Waals surface area (Å²) in [5, 5.41) is 0. The summed E-state index contributed by atoms with van der Waals surface area (Å²) in [5.41, 5.74) is 1.67. The second-order valence-electron chi connectivity index (χ2n) is 3.71. The molecule has 16 heavy (non-hydrogen) atoms. The van der Waals surface area contributed by atoms with Crippen molar-refractivity contribution < 1.29 is 9.53 Å². The Hall–Kier alpha value is -1.83. The molecule has 2 rings (SSSR count). The van der Waals surface area contributed by atoms with Crippen molar-refractivity contribution in [2.75, 3.05) is 6.61 Å². The van der Waals surface area contributed by atoms with E-state index in [1.165, 1.54) is 0 Å². The first-order valence-electron chi connectivity index (χ1n) is 5.37. The van der Waals surface area contributed by atoms with Crippen LogP contribution in [0.2, 0.25) is 0 Å². The molecule has 1 aromatic rings. The van der Waals surface area contributed by atoms with Crippen LogP contribution in [0, 0.1) is 0 Å². The molecule has 0 saturated heterocycles. The summed E-state index contributed by atoms with van der Waals surface area (Å²) >= 11 is 0. The van der Waals surface area contributed by atoms with Gasteiger partial charge in [0.1, 0.15) is 0 Å². The lowest BCUT2D eigenvalue weighted by atomic mass is 9.95. The van der Waals surface area contributed by atoms with E-state index >= 15 is 0 Å². The molecule has 1 aromatic carbocycles.